The average molecular weight is 273 g/mol. The molecule has 0 aromatic heterocycles. The first-order chi connectivity index (χ1) is 8.92. The monoisotopic (exact) mass is 273 g/mol. The second-order valence-corrected chi connectivity index (χ2v) is 6.52. The van der Waals surface area contributed by atoms with Crippen LogP contribution in [0.4, 0.5) is 0 Å². The average Bonchev–Trinajstić information content (AvgIpc) is 2.72. The minimum Gasteiger partial charge on any atom is -0.296 e. The summed E-state index contributed by atoms with van der Waals surface area (Å²) in [5, 5.41) is 13.0. The molecule has 1 unspecified atom stereocenters. The topological polar surface area (TPSA) is 39.1 Å². The van der Waals surface area contributed by atoms with Gasteiger partial charge in [-0.25, -0.2) is 0 Å². The van der Waals surface area contributed by atoms with Crippen LogP contribution in [0, 0.1) is 11.3 Å². The molecular formula is C17H27N3. The van der Waals surface area contributed by atoms with Gasteiger partial charge in [0.25, 0.3) is 0 Å². The molecule has 0 spiro atoms. The van der Waals surface area contributed by atoms with Gasteiger partial charge in [-0.2, -0.15) is 5.26 Å². The third kappa shape index (κ3) is 4.33. The van der Waals surface area contributed by atoms with Crippen molar-refractivity contribution in [2.45, 2.75) is 52.2 Å². The summed E-state index contributed by atoms with van der Waals surface area (Å²) >= 11 is 0. The Balaban J connectivity index is 0.00000200. The quantitative estimate of drug-likeness (QED) is 0.919. The molecule has 0 amide bonds. The normalized spacial score (nSPS) is 23.1. The van der Waals surface area contributed by atoms with Gasteiger partial charge in [-0.05, 0) is 32.8 Å². The fraction of sp³-hybridized carbons (Fsp3) is 0.588. The molecule has 0 bridgehead atoms. The van der Waals surface area contributed by atoms with E-state index < -0.39 is 5.54 Å². The third-order valence-electron chi connectivity index (χ3n) is 3.43. The molecule has 1 fully saturated rings. The van der Waals surface area contributed by atoms with E-state index in [4.69, 9.17) is 0 Å². The summed E-state index contributed by atoms with van der Waals surface area (Å²) in [6.45, 7) is 9.06. The van der Waals surface area contributed by atoms with E-state index in [-0.39, 0.29) is 13.0 Å². The van der Waals surface area contributed by atoms with E-state index in [2.05, 4.69) is 61.3 Å². The van der Waals surface area contributed by atoms with Crippen LogP contribution in [0.1, 0.15) is 40.2 Å². The van der Waals surface area contributed by atoms with Crippen LogP contribution in [0.3, 0.4) is 0 Å². The lowest BCUT2D eigenvalue weighted by Crippen LogP contribution is -2.54. The van der Waals surface area contributed by atoms with Gasteiger partial charge in [0.2, 0.25) is 0 Å². The van der Waals surface area contributed by atoms with E-state index in [9.17, 15) is 5.26 Å². The summed E-state index contributed by atoms with van der Waals surface area (Å²) in [6, 6.07) is 12.9. The van der Waals surface area contributed by atoms with E-state index in [1.54, 1.807) is 0 Å². The lowest BCUT2D eigenvalue weighted by atomic mass is 9.95. The van der Waals surface area contributed by atoms with Crippen LogP contribution in [0.25, 0.3) is 0 Å². The Morgan fingerprint density at radius 3 is 2.50 bits per heavy atom. The lowest BCUT2D eigenvalue weighted by Gasteiger charge is -2.32. The summed E-state index contributed by atoms with van der Waals surface area (Å²) in [6.07, 6.45) is 0.896. The van der Waals surface area contributed by atoms with E-state index in [1.165, 1.54) is 5.56 Å². The lowest BCUT2D eigenvalue weighted by molar-refractivity contribution is 0.268. The second-order valence-electron chi connectivity index (χ2n) is 6.52. The van der Waals surface area contributed by atoms with E-state index in [0.29, 0.717) is 0 Å². The van der Waals surface area contributed by atoms with Crippen LogP contribution in [0.2, 0.25) is 0 Å². The van der Waals surface area contributed by atoms with Crippen LogP contribution in [-0.4, -0.2) is 29.1 Å². The van der Waals surface area contributed by atoms with Crippen molar-refractivity contribution in [1.29, 1.82) is 5.26 Å². The number of hydrogen-bond acceptors (Lipinski definition) is 3. The van der Waals surface area contributed by atoms with E-state index in [1.807, 2.05) is 6.07 Å². The predicted molar refractivity (Wildman–Crippen MR) is 84.3 cm³/mol. The smallest absolute Gasteiger partial charge is 0.121 e. The number of benzene rings is 1. The van der Waals surface area contributed by atoms with Crippen LogP contribution in [0.15, 0.2) is 30.3 Å². The molecule has 20 heavy (non-hydrogen) atoms. The first kappa shape index (κ1) is 16.7. The Morgan fingerprint density at radius 2 is 1.95 bits per heavy atom. The van der Waals surface area contributed by atoms with E-state index in [0.717, 1.165) is 26.1 Å². The zero-order valence-corrected chi connectivity index (χ0v) is 12.1. The number of rotatable bonds is 3. The van der Waals surface area contributed by atoms with Gasteiger partial charge >= 0.3 is 0 Å². The van der Waals surface area contributed by atoms with Crippen molar-refractivity contribution >= 4 is 0 Å². The van der Waals surface area contributed by atoms with Crippen molar-refractivity contribution in [2.75, 3.05) is 13.1 Å². The van der Waals surface area contributed by atoms with E-state index >= 15 is 0 Å². The Morgan fingerprint density at radius 1 is 1.30 bits per heavy atom. The standard InChI is InChI=1S/C16H23N3.CH4/c1-15(2,3)18-16(12-17)9-10-19(13-16)11-14-7-5-4-6-8-14;/h4-8,18H,9-11,13H2,1-3H3;1H4. The highest BCUT2D eigenvalue weighted by Gasteiger charge is 2.40. The molecule has 1 N–H and O–H groups in total. The molecule has 1 saturated heterocycles. The number of nitriles is 1. The highest BCUT2D eigenvalue weighted by atomic mass is 15.2. The summed E-state index contributed by atoms with van der Waals surface area (Å²) in [5.74, 6) is 0. The molecule has 1 atom stereocenters. The third-order valence-corrected chi connectivity index (χ3v) is 3.43. The van der Waals surface area contributed by atoms with Crippen molar-refractivity contribution in [1.82, 2.24) is 10.2 Å². The van der Waals surface area contributed by atoms with Gasteiger partial charge in [0.1, 0.15) is 5.54 Å². The Labute approximate surface area is 123 Å². The molecule has 3 heteroatoms. The SMILES string of the molecule is C.CC(C)(C)NC1(C#N)CCN(Cc2ccccc2)C1. The van der Waals surface area contributed by atoms with Crippen molar-refractivity contribution in [3.05, 3.63) is 35.9 Å². The predicted octanol–water partition coefficient (Wildman–Crippen LogP) is 3.18. The Kier molecular flexibility index (Phi) is 5.33. The van der Waals surface area contributed by atoms with Crippen molar-refractivity contribution in [2.24, 2.45) is 0 Å². The molecule has 0 aliphatic carbocycles. The summed E-state index contributed by atoms with van der Waals surface area (Å²) in [7, 11) is 0. The van der Waals surface area contributed by atoms with Crippen LogP contribution < -0.4 is 5.32 Å². The van der Waals surface area contributed by atoms with Crippen LogP contribution >= 0.6 is 0 Å². The highest BCUT2D eigenvalue weighted by Crippen LogP contribution is 2.25. The molecule has 1 aromatic carbocycles. The van der Waals surface area contributed by atoms with Gasteiger partial charge < -0.3 is 0 Å². The number of hydrogen-bond donors (Lipinski definition) is 1. The Hall–Kier alpha value is -1.37. The van der Waals surface area contributed by atoms with Crippen molar-refractivity contribution in [3.63, 3.8) is 0 Å². The van der Waals surface area contributed by atoms with Crippen LogP contribution in [0.5, 0.6) is 0 Å². The summed E-state index contributed by atoms with van der Waals surface area (Å²) in [4.78, 5) is 2.36. The van der Waals surface area contributed by atoms with Gasteiger partial charge in [0, 0.05) is 25.2 Å². The van der Waals surface area contributed by atoms with Gasteiger partial charge in [0.05, 0.1) is 6.07 Å². The number of nitrogens with one attached hydrogen (secondary N) is 1. The van der Waals surface area contributed by atoms with Gasteiger partial charge in [-0.15, -0.1) is 0 Å². The highest BCUT2D eigenvalue weighted by molar-refractivity contribution is 5.18. The second kappa shape index (κ2) is 6.39. The van der Waals surface area contributed by atoms with Gasteiger partial charge in [0.15, 0.2) is 0 Å². The van der Waals surface area contributed by atoms with Crippen molar-refractivity contribution < 1.29 is 0 Å². The molecule has 0 saturated carbocycles. The fourth-order valence-electron chi connectivity index (χ4n) is 2.80. The summed E-state index contributed by atoms with van der Waals surface area (Å²) in [5.41, 5.74) is 0.887. The maximum absolute atomic E-state index is 9.52. The minimum absolute atomic E-state index is 0. The number of nitrogens with zero attached hydrogens (tertiary/aromatic N) is 2. The molecule has 1 aliphatic heterocycles. The minimum atomic E-state index is -0.396. The van der Waals surface area contributed by atoms with Crippen molar-refractivity contribution in [3.8, 4) is 6.07 Å². The fourth-order valence-corrected chi connectivity index (χ4v) is 2.80. The first-order valence-corrected chi connectivity index (χ1v) is 6.89. The Bertz CT molecular complexity index is 455. The molecular weight excluding hydrogens is 246 g/mol. The summed E-state index contributed by atoms with van der Waals surface area (Å²) < 4.78 is 0. The zero-order chi connectivity index (χ0) is 13.9. The van der Waals surface area contributed by atoms with Crippen LogP contribution in [-0.2, 0) is 6.54 Å². The molecule has 1 aliphatic rings. The molecule has 0 radical (unpaired) electrons. The molecule has 1 heterocycles. The molecule has 110 valence electrons. The molecule has 3 nitrogen and oxygen atoms in total. The van der Waals surface area contributed by atoms with Gasteiger partial charge in [-0.1, -0.05) is 37.8 Å². The molecule has 1 aromatic rings. The maximum Gasteiger partial charge on any atom is 0.121 e. The number of likely N-dealkylation sites (tertiary alicyclic amines) is 1. The van der Waals surface area contributed by atoms with Gasteiger partial charge in [-0.3, -0.25) is 10.2 Å². The first-order valence-electron chi connectivity index (χ1n) is 6.89. The zero-order valence-electron chi connectivity index (χ0n) is 12.1. The maximum atomic E-state index is 9.52. The largest absolute Gasteiger partial charge is 0.296 e. The molecule has 2 rings (SSSR count).